The minimum atomic E-state index is -0.973. The third kappa shape index (κ3) is 9.90. The van der Waals surface area contributed by atoms with E-state index < -0.39 is 29.5 Å². The number of cyclic esters (lactones) is 1. The first-order chi connectivity index (χ1) is 30.5. The number of aromatic hydroxyl groups is 1. The number of rotatable bonds is 9. The Morgan fingerprint density at radius 1 is 1.14 bits per heavy atom. The van der Waals surface area contributed by atoms with Crippen LogP contribution in [0, 0.1) is 29.1 Å². The molecule has 7 atom stereocenters. The highest BCUT2D eigenvalue weighted by molar-refractivity contribution is 5.95. The molecule has 6 unspecified atom stereocenters. The quantitative estimate of drug-likeness (QED) is 0.124. The molecule has 14 nitrogen and oxygen atoms in total. The molecule has 5 heterocycles. The van der Waals surface area contributed by atoms with Crippen LogP contribution >= 0.6 is 0 Å². The van der Waals surface area contributed by atoms with E-state index in [1.165, 1.54) is 5.01 Å². The van der Waals surface area contributed by atoms with Crippen LogP contribution in [-0.4, -0.2) is 114 Å². The van der Waals surface area contributed by atoms with Gasteiger partial charge in [-0.15, -0.1) is 0 Å². The Bertz CT molecular complexity index is 2350. The summed E-state index contributed by atoms with van der Waals surface area (Å²) in [6.45, 7) is 15.2. The molecular formula is C50H67N7O7. The number of carbonyl (C=O) groups excluding carboxylic acids is 4. The molecule has 2 aromatic carbocycles. The summed E-state index contributed by atoms with van der Waals surface area (Å²) >= 11 is 0. The molecule has 4 aliphatic rings. The molecule has 1 saturated carbocycles. The van der Waals surface area contributed by atoms with Crippen molar-refractivity contribution in [2.75, 3.05) is 40.9 Å². The summed E-state index contributed by atoms with van der Waals surface area (Å²) < 4.78 is 14.0. The number of likely N-dealkylation sites (N-methyl/N-ethyl adjacent to an activating group) is 1. The standard InChI is InChI=1S/C43H56N6O6.C7H11NO/c1-9-48-37-13-12-28-21-32(37)33(39(48)34-23-44-15-14-29(34)24-54-8)22-43(4,5)25-55-42(53)35-11-10-16-49(46-35)41(52)36(19-27-17-30(28)20-31(50)18-27)45-40(51)38(26(2)3)47(6)7;1-4-5-2-8-6(3-9)7(4)5/h12-15,17-18,20-21,23,26,35-36,38,46,50H,9-11,16,19,22,24-25H2,1-8H3,(H,45,51);3-8H,2H2,1H3/t35-,36?,38?;/m0./s1. The number of amides is 2. The zero-order valence-corrected chi connectivity index (χ0v) is 38.9. The minimum absolute atomic E-state index is 0.0131. The molecule has 4 aromatic rings. The molecular weight excluding hydrogens is 811 g/mol. The fraction of sp³-hybridized carbons (Fsp3) is 0.540. The minimum Gasteiger partial charge on any atom is -0.508 e. The maximum Gasteiger partial charge on any atom is 0.324 e. The summed E-state index contributed by atoms with van der Waals surface area (Å²) in [6, 6.07) is 11.7. The van der Waals surface area contributed by atoms with Gasteiger partial charge in [0, 0.05) is 60.9 Å². The molecule has 2 amide bonds. The predicted octanol–water partition coefficient (Wildman–Crippen LogP) is 5.52. The molecule has 3 fully saturated rings. The fourth-order valence-corrected chi connectivity index (χ4v) is 10.4. The van der Waals surface area contributed by atoms with E-state index in [0.29, 0.717) is 50.4 Å². The van der Waals surface area contributed by atoms with Crippen LogP contribution in [0.5, 0.6) is 5.75 Å². The summed E-state index contributed by atoms with van der Waals surface area (Å²) in [5.41, 5.74) is 10.2. The number of piperidine rings is 1. The lowest BCUT2D eigenvalue weighted by Gasteiger charge is -2.36. The number of ether oxygens (including phenoxy) is 2. The van der Waals surface area contributed by atoms with Gasteiger partial charge in [0.05, 0.1) is 31.0 Å². The lowest BCUT2D eigenvalue weighted by atomic mass is 9.84. The second-order valence-corrected chi connectivity index (χ2v) is 19.5. The molecule has 6 bridgehead atoms. The molecule has 8 rings (SSSR count). The number of aldehydes is 1. The first-order valence-electron chi connectivity index (χ1n) is 22.9. The Morgan fingerprint density at radius 2 is 1.92 bits per heavy atom. The third-order valence-electron chi connectivity index (χ3n) is 13.6. The number of hydrogen-bond donors (Lipinski definition) is 4. The number of fused-ring (bicyclic) bond motifs is 7. The largest absolute Gasteiger partial charge is 0.508 e. The van der Waals surface area contributed by atoms with Gasteiger partial charge in [0.2, 0.25) is 5.91 Å². The number of phenols is 1. The lowest BCUT2D eigenvalue weighted by molar-refractivity contribution is -0.155. The van der Waals surface area contributed by atoms with Gasteiger partial charge in [-0.3, -0.25) is 29.3 Å². The van der Waals surface area contributed by atoms with E-state index in [1.54, 1.807) is 25.4 Å². The van der Waals surface area contributed by atoms with E-state index in [2.05, 4.69) is 71.5 Å². The van der Waals surface area contributed by atoms with Crippen molar-refractivity contribution < 1.29 is 33.8 Å². The average molecular weight is 878 g/mol. The zero-order valence-electron chi connectivity index (χ0n) is 38.9. The number of esters is 1. The highest BCUT2D eigenvalue weighted by Crippen LogP contribution is 2.50. The van der Waals surface area contributed by atoms with Gasteiger partial charge in [0.15, 0.2) is 0 Å². The second-order valence-electron chi connectivity index (χ2n) is 19.5. The van der Waals surface area contributed by atoms with Crippen molar-refractivity contribution in [1.82, 2.24) is 35.5 Å². The van der Waals surface area contributed by atoms with Gasteiger partial charge in [-0.1, -0.05) is 46.8 Å². The Hall–Kier alpha value is -5.15. The van der Waals surface area contributed by atoms with E-state index in [1.807, 2.05) is 51.2 Å². The Kier molecular flexibility index (Phi) is 14.3. The molecule has 1 aliphatic carbocycles. The van der Waals surface area contributed by atoms with Crippen molar-refractivity contribution in [2.45, 2.75) is 105 Å². The van der Waals surface area contributed by atoms with E-state index >= 15 is 0 Å². The molecule has 0 radical (unpaired) electrons. The highest BCUT2D eigenvalue weighted by atomic mass is 16.5. The Labute approximate surface area is 377 Å². The summed E-state index contributed by atoms with van der Waals surface area (Å²) in [5.74, 6) is 1.30. The molecule has 344 valence electrons. The number of nitrogens with one attached hydrogen (secondary N) is 3. The number of carbonyl (C=O) groups is 4. The lowest BCUT2D eigenvalue weighted by Crippen LogP contribution is -2.61. The first-order valence-corrected chi connectivity index (χ1v) is 22.9. The van der Waals surface area contributed by atoms with Crippen LogP contribution < -0.4 is 16.1 Å². The number of benzene rings is 2. The van der Waals surface area contributed by atoms with Gasteiger partial charge in [-0.2, -0.15) is 0 Å². The van der Waals surface area contributed by atoms with Gasteiger partial charge in [0.25, 0.3) is 5.91 Å². The normalized spacial score (nSPS) is 24.6. The van der Waals surface area contributed by atoms with Gasteiger partial charge < -0.3 is 34.6 Å². The number of phenolic OH excluding ortho intramolecular Hbond substituents is 1. The molecule has 64 heavy (non-hydrogen) atoms. The molecule has 4 N–H and O–H groups in total. The van der Waals surface area contributed by atoms with Crippen LogP contribution in [0.4, 0.5) is 0 Å². The summed E-state index contributed by atoms with van der Waals surface area (Å²) in [6.07, 6.45) is 6.52. The van der Waals surface area contributed by atoms with Gasteiger partial charge in [0.1, 0.15) is 24.1 Å². The van der Waals surface area contributed by atoms with Gasteiger partial charge >= 0.3 is 5.97 Å². The maximum atomic E-state index is 14.3. The summed E-state index contributed by atoms with van der Waals surface area (Å²) in [4.78, 5) is 58.5. The van der Waals surface area contributed by atoms with Crippen molar-refractivity contribution in [3.05, 3.63) is 71.5 Å². The van der Waals surface area contributed by atoms with E-state index in [0.717, 1.165) is 69.1 Å². The number of methoxy groups -OCH3 is 1. The van der Waals surface area contributed by atoms with Gasteiger partial charge in [-0.25, -0.2) is 5.43 Å². The molecule has 3 aliphatic heterocycles. The van der Waals surface area contributed by atoms with Crippen molar-refractivity contribution in [1.29, 1.82) is 0 Å². The van der Waals surface area contributed by atoms with Crippen LogP contribution in [0.15, 0.2) is 54.9 Å². The third-order valence-corrected chi connectivity index (χ3v) is 13.6. The summed E-state index contributed by atoms with van der Waals surface area (Å²) in [5, 5.41) is 19.8. The van der Waals surface area contributed by atoms with Gasteiger partial charge in [-0.05, 0) is 129 Å². The van der Waals surface area contributed by atoms with Crippen molar-refractivity contribution in [3.63, 3.8) is 0 Å². The molecule has 0 spiro atoms. The van der Waals surface area contributed by atoms with Crippen LogP contribution in [0.2, 0.25) is 0 Å². The van der Waals surface area contributed by atoms with Crippen LogP contribution in [0.3, 0.4) is 0 Å². The first kappa shape index (κ1) is 46.8. The second kappa shape index (κ2) is 19.5. The Balaban J connectivity index is 0.000000599. The van der Waals surface area contributed by atoms with Crippen molar-refractivity contribution >= 4 is 35.0 Å². The number of nitrogens with zero attached hydrogens (tertiary/aromatic N) is 4. The molecule has 2 saturated heterocycles. The summed E-state index contributed by atoms with van der Waals surface area (Å²) in [7, 11) is 5.37. The average Bonchev–Trinajstić information content (AvgIpc) is 3.54. The van der Waals surface area contributed by atoms with E-state index in [9.17, 15) is 24.3 Å². The van der Waals surface area contributed by atoms with Crippen LogP contribution in [0.1, 0.15) is 71.1 Å². The van der Waals surface area contributed by atoms with Crippen LogP contribution in [0.25, 0.3) is 33.3 Å². The molecule has 14 heteroatoms. The maximum absolute atomic E-state index is 14.3. The van der Waals surface area contributed by atoms with Crippen molar-refractivity contribution in [2.24, 2.45) is 29.1 Å². The van der Waals surface area contributed by atoms with Crippen molar-refractivity contribution in [3.8, 4) is 28.1 Å². The number of pyridine rings is 1. The zero-order chi connectivity index (χ0) is 46.0. The number of hydrazine groups is 1. The number of aryl methyl sites for hydroxylation is 1. The monoisotopic (exact) mass is 878 g/mol. The molecule has 2 aromatic heterocycles. The van der Waals surface area contributed by atoms with E-state index in [4.69, 9.17) is 9.47 Å². The predicted molar refractivity (Wildman–Crippen MR) is 247 cm³/mol. The Morgan fingerprint density at radius 3 is 2.58 bits per heavy atom. The SMILES string of the molecule is CC1C2CNC(C=O)C12.CCn1c(-c2cnccc2COC)c2c3cc(ccc31)-c1cc(O)cc(c1)CC(NC(=O)C(C(C)C)N(C)C)C(=O)N1CCC[C@H](N1)C(=O)OCC(C)(C)C2. The fourth-order valence-electron chi connectivity index (χ4n) is 10.4. The topological polar surface area (TPSA) is 167 Å². The smallest absolute Gasteiger partial charge is 0.324 e. The number of hydrogen-bond acceptors (Lipinski definition) is 11. The van der Waals surface area contributed by atoms with E-state index in [-0.39, 0.29) is 42.6 Å². The number of aromatic nitrogens is 2. The van der Waals surface area contributed by atoms with Crippen LogP contribution in [-0.2, 0) is 54.6 Å². The highest BCUT2D eigenvalue weighted by Gasteiger charge is 2.55.